The summed E-state index contributed by atoms with van der Waals surface area (Å²) >= 11 is 0. The molecule has 9 nitrogen and oxygen atoms in total. The largest absolute Gasteiger partial charge is 0.387 e. The lowest BCUT2D eigenvalue weighted by atomic mass is 10.0. The third-order valence-electron chi connectivity index (χ3n) is 4.81. The molecule has 0 radical (unpaired) electrons. The number of hydrogen-bond acceptors (Lipinski definition) is 7. The van der Waals surface area contributed by atoms with E-state index < -0.39 is 23.7 Å². The summed E-state index contributed by atoms with van der Waals surface area (Å²) in [7, 11) is 0. The summed E-state index contributed by atoms with van der Waals surface area (Å²) in [5, 5.41) is 37.6. The Labute approximate surface area is 196 Å². The highest BCUT2D eigenvalue weighted by molar-refractivity contribution is 6.00. The third-order valence-corrected chi connectivity index (χ3v) is 4.81. The van der Waals surface area contributed by atoms with Crippen LogP contribution in [0.1, 0.15) is 36.7 Å². The van der Waals surface area contributed by atoms with Crippen LogP contribution in [-0.2, 0) is 0 Å². The first-order chi connectivity index (χ1) is 15.1. The molecule has 172 valence electrons. The van der Waals surface area contributed by atoms with Gasteiger partial charge >= 0.3 is 0 Å². The van der Waals surface area contributed by atoms with Gasteiger partial charge in [0.25, 0.3) is 5.91 Å². The number of aromatic nitrogens is 3. The van der Waals surface area contributed by atoms with Crippen molar-refractivity contribution >= 4 is 29.5 Å². The van der Waals surface area contributed by atoms with Crippen LogP contribution in [0.4, 0.5) is 10.1 Å². The van der Waals surface area contributed by atoms with Gasteiger partial charge in [-0.05, 0) is 45.0 Å². The summed E-state index contributed by atoms with van der Waals surface area (Å²) in [6.45, 7) is 3.88. The molecule has 3 rings (SSSR count). The van der Waals surface area contributed by atoms with Gasteiger partial charge in [0.05, 0.1) is 58.1 Å². The standard InChI is InChI=1S/C22H22FN7O2.ClH/c1-13(8-24)29-17-7-18(19-5-4-15-6-14(9-25)10-28-30(15)19)26-11-16(17)21(31)27-12-20(23)22(2,3)32;/h4-7,10-11,13,20,32H,12H2,1-3H3,(H,26,29)(H,27,31);1H/t13-,20-;/m1./s1. The minimum absolute atomic E-state index is 0. The number of carbonyl (C=O) groups excluding carboxylic acids is 1. The van der Waals surface area contributed by atoms with Crippen LogP contribution in [0.3, 0.4) is 0 Å². The van der Waals surface area contributed by atoms with Gasteiger partial charge in [0, 0.05) is 6.20 Å². The van der Waals surface area contributed by atoms with Gasteiger partial charge in [0.15, 0.2) is 0 Å². The number of nitriles is 2. The van der Waals surface area contributed by atoms with Gasteiger partial charge < -0.3 is 15.7 Å². The molecule has 3 aromatic rings. The molecule has 0 spiro atoms. The molecule has 3 aromatic heterocycles. The van der Waals surface area contributed by atoms with Gasteiger partial charge in [-0.2, -0.15) is 15.6 Å². The van der Waals surface area contributed by atoms with Crippen LogP contribution in [0.2, 0.25) is 0 Å². The van der Waals surface area contributed by atoms with Gasteiger partial charge in [0.1, 0.15) is 18.3 Å². The highest BCUT2D eigenvalue weighted by Crippen LogP contribution is 2.26. The zero-order valence-electron chi connectivity index (χ0n) is 18.2. The maximum Gasteiger partial charge on any atom is 0.255 e. The molecule has 3 heterocycles. The summed E-state index contributed by atoms with van der Waals surface area (Å²) in [6, 6.07) is 10.3. The normalized spacial score (nSPS) is 12.7. The number of carbonyl (C=O) groups is 1. The van der Waals surface area contributed by atoms with Crippen LogP contribution < -0.4 is 10.6 Å². The predicted octanol–water partition coefficient (Wildman–Crippen LogP) is 2.85. The number of nitrogens with one attached hydrogen (secondary N) is 2. The lowest BCUT2D eigenvalue weighted by Crippen LogP contribution is -2.42. The highest BCUT2D eigenvalue weighted by Gasteiger charge is 2.27. The number of pyridine rings is 1. The molecule has 0 bridgehead atoms. The van der Waals surface area contributed by atoms with Crippen LogP contribution in [-0.4, -0.2) is 50.0 Å². The van der Waals surface area contributed by atoms with E-state index in [9.17, 15) is 19.6 Å². The quantitative estimate of drug-likeness (QED) is 0.481. The molecule has 0 aliphatic carbocycles. The number of hydrogen-bond donors (Lipinski definition) is 3. The topological polar surface area (TPSA) is 139 Å². The van der Waals surface area contributed by atoms with Crippen LogP contribution in [0, 0.1) is 22.7 Å². The fourth-order valence-electron chi connectivity index (χ4n) is 2.94. The highest BCUT2D eigenvalue weighted by atomic mass is 35.5. The van der Waals surface area contributed by atoms with Gasteiger partial charge in [-0.1, -0.05) is 0 Å². The molecule has 0 fully saturated rings. The first kappa shape index (κ1) is 25.5. The molecule has 1 amide bonds. The van der Waals surface area contributed by atoms with Crippen molar-refractivity contribution in [2.45, 2.75) is 38.6 Å². The van der Waals surface area contributed by atoms with E-state index in [2.05, 4.69) is 20.7 Å². The molecule has 0 aromatic carbocycles. The summed E-state index contributed by atoms with van der Waals surface area (Å²) in [4.78, 5) is 17.0. The monoisotopic (exact) mass is 471 g/mol. The number of rotatable bonds is 7. The number of aliphatic hydroxyl groups is 1. The molecule has 0 saturated carbocycles. The van der Waals surface area contributed by atoms with E-state index in [1.54, 1.807) is 35.7 Å². The lowest BCUT2D eigenvalue weighted by molar-refractivity contribution is -0.00177. The van der Waals surface area contributed by atoms with E-state index in [4.69, 9.17) is 5.26 Å². The van der Waals surface area contributed by atoms with Crippen molar-refractivity contribution in [3.63, 3.8) is 0 Å². The lowest BCUT2D eigenvalue weighted by Gasteiger charge is -2.22. The maximum absolute atomic E-state index is 14.0. The van der Waals surface area contributed by atoms with Gasteiger partial charge in [-0.15, -0.1) is 12.4 Å². The second-order valence-electron chi connectivity index (χ2n) is 7.85. The Hall–Kier alpha value is -3.73. The average Bonchev–Trinajstić information content (AvgIpc) is 3.19. The Morgan fingerprint density at radius 2 is 2.03 bits per heavy atom. The summed E-state index contributed by atoms with van der Waals surface area (Å²) in [5.41, 5.74) is 1.08. The second-order valence-corrected chi connectivity index (χ2v) is 7.85. The summed E-state index contributed by atoms with van der Waals surface area (Å²) < 4.78 is 15.6. The van der Waals surface area contributed by atoms with Crippen LogP contribution >= 0.6 is 12.4 Å². The number of amides is 1. The summed E-state index contributed by atoms with van der Waals surface area (Å²) in [5.74, 6) is -0.597. The van der Waals surface area contributed by atoms with Gasteiger partial charge in [0.2, 0.25) is 0 Å². The van der Waals surface area contributed by atoms with Crippen molar-refractivity contribution in [1.29, 1.82) is 10.5 Å². The van der Waals surface area contributed by atoms with Crippen molar-refractivity contribution in [3.8, 4) is 23.5 Å². The van der Waals surface area contributed by atoms with E-state index in [0.29, 0.717) is 28.2 Å². The maximum atomic E-state index is 14.0. The average molecular weight is 472 g/mol. The first-order valence-corrected chi connectivity index (χ1v) is 9.83. The van der Waals surface area contributed by atoms with Crippen LogP contribution in [0.5, 0.6) is 0 Å². The Morgan fingerprint density at radius 3 is 2.67 bits per heavy atom. The Morgan fingerprint density at radius 1 is 1.30 bits per heavy atom. The zero-order chi connectivity index (χ0) is 23.5. The van der Waals surface area contributed by atoms with Crippen molar-refractivity contribution in [3.05, 3.63) is 47.8 Å². The Balaban J connectivity index is 0.00000385. The molecular weight excluding hydrogens is 449 g/mol. The SMILES string of the molecule is C[C@H](C#N)Nc1cc(-c2ccc3cc(C#N)cnn23)ncc1C(=O)NC[C@@H](F)C(C)(C)O.Cl. The van der Waals surface area contributed by atoms with Crippen LogP contribution in [0.15, 0.2) is 36.7 Å². The minimum Gasteiger partial charge on any atom is -0.387 e. The molecule has 0 aliphatic rings. The van der Waals surface area contributed by atoms with E-state index >= 15 is 0 Å². The van der Waals surface area contributed by atoms with E-state index in [0.717, 1.165) is 0 Å². The number of anilines is 1. The van der Waals surface area contributed by atoms with Crippen molar-refractivity contribution in [2.75, 3.05) is 11.9 Å². The third kappa shape index (κ3) is 5.75. The smallest absolute Gasteiger partial charge is 0.255 e. The zero-order valence-corrected chi connectivity index (χ0v) is 19.0. The second kappa shape index (κ2) is 10.3. The van der Waals surface area contributed by atoms with Gasteiger partial charge in [-0.3, -0.25) is 9.78 Å². The van der Waals surface area contributed by atoms with Crippen molar-refractivity contribution < 1.29 is 14.3 Å². The predicted molar refractivity (Wildman–Crippen MR) is 123 cm³/mol. The summed E-state index contributed by atoms with van der Waals surface area (Å²) in [6.07, 6.45) is 1.10. The molecule has 2 atom stereocenters. The Kier molecular flexibility index (Phi) is 7.94. The molecule has 0 aliphatic heterocycles. The molecule has 33 heavy (non-hydrogen) atoms. The molecular formula is C22H23ClFN7O2. The number of nitrogens with zero attached hydrogens (tertiary/aromatic N) is 5. The molecule has 0 unspecified atom stereocenters. The number of halogens is 2. The van der Waals surface area contributed by atoms with Crippen molar-refractivity contribution in [1.82, 2.24) is 19.9 Å². The number of alkyl halides is 1. The van der Waals surface area contributed by atoms with Crippen LogP contribution in [0.25, 0.3) is 16.9 Å². The fraction of sp³-hybridized carbons (Fsp3) is 0.318. The van der Waals surface area contributed by atoms with Gasteiger partial charge in [-0.25, -0.2) is 8.91 Å². The molecule has 11 heteroatoms. The fourth-order valence-corrected chi connectivity index (χ4v) is 2.94. The number of fused-ring (bicyclic) bond motifs is 1. The first-order valence-electron chi connectivity index (χ1n) is 9.83. The molecule has 0 saturated heterocycles. The minimum atomic E-state index is -1.66. The van der Waals surface area contributed by atoms with E-state index in [1.807, 2.05) is 12.1 Å². The van der Waals surface area contributed by atoms with E-state index in [-0.39, 0.29) is 24.5 Å². The van der Waals surface area contributed by atoms with Crippen molar-refractivity contribution in [2.24, 2.45) is 0 Å². The molecule has 3 N–H and O–H groups in total. The Bertz CT molecular complexity index is 1240. The van der Waals surface area contributed by atoms with E-state index in [1.165, 1.54) is 26.2 Å².